The Labute approximate surface area is 118 Å². The lowest BCUT2D eigenvalue weighted by molar-refractivity contribution is -0.142. The van der Waals surface area contributed by atoms with Crippen molar-refractivity contribution in [2.24, 2.45) is 11.8 Å². The summed E-state index contributed by atoms with van der Waals surface area (Å²) in [4.78, 5) is 19.9. The van der Waals surface area contributed by atoms with Crippen molar-refractivity contribution in [1.29, 1.82) is 0 Å². The van der Waals surface area contributed by atoms with Gasteiger partial charge in [-0.15, -0.1) is 0 Å². The maximum Gasteiger partial charge on any atom is 0.306 e. The summed E-state index contributed by atoms with van der Waals surface area (Å²) >= 11 is 1.85. The molecule has 0 saturated carbocycles. The molecule has 1 aliphatic carbocycles. The normalized spacial score (nSPS) is 18.4. The summed E-state index contributed by atoms with van der Waals surface area (Å²) in [6.45, 7) is 4.40. The Morgan fingerprint density at radius 2 is 2.37 bits per heavy atom. The van der Waals surface area contributed by atoms with E-state index in [1.54, 1.807) is 0 Å². The number of carbonyl (C=O) groups is 1. The van der Waals surface area contributed by atoms with Crippen molar-refractivity contribution in [3.8, 4) is 0 Å². The van der Waals surface area contributed by atoms with Gasteiger partial charge in [0.15, 0.2) is 0 Å². The molecule has 0 aliphatic heterocycles. The Hall–Kier alpha value is -1.10. The molecular weight excluding hydrogens is 260 g/mol. The Morgan fingerprint density at radius 3 is 3.05 bits per heavy atom. The van der Waals surface area contributed by atoms with Gasteiger partial charge >= 0.3 is 5.97 Å². The topological polar surface area (TPSA) is 63.1 Å². The first-order valence-corrected chi connectivity index (χ1v) is 7.86. The van der Waals surface area contributed by atoms with Crippen LogP contribution in [0.2, 0.25) is 0 Å². The fourth-order valence-electron chi connectivity index (χ4n) is 2.22. The standard InChI is InChI=1S/C14H20N2O2S/c1-9(2)7-19-8-13-15-6-11-5-10(14(17)18)3-4-12(11)16-13/h6,9-10H,3-5,7-8H2,1-2H3,(H,17,18). The highest BCUT2D eigenvalue weighted by Crippen LogP contribution is 2.24. The third-order valence-corrected chi connectivity index (χ3v) is 4.60. The van der Waals surface area contributed by atoms with Gasteiger partial charge in [0.1, 0.15) is 5.82 Å². The van der Waals surface area contributed by atoms with Crippen molar-refractivity contribution in [3.05, 3.63) is 23.3 Å². The molecule has 4 nitrogen and oxygen atoms in total. The molecule has 1 aliphatic rings. The highest BCUT2D eigenvalue weighted by Gasteiger charge is 2.25. The van der Waals surface area contributed by atoms with Crippen LogP contribution in [0.3, 0.4) is 0 Å². The molecule has 0 saturated heterocycles. The zero-order valence-electron chi connectivity index (χ0n) is 11.4. The summed E-state index contributed by atoms with van der Waals surface area (Å²) < 4.78 is 0. The molecular formula is C14H20N2O2S. The number of carboxylic acids is 1. The van der Waals surface area contributed by atoms with Gasteiger partial charge in [0, 0.05) is 11.9 Å². The Morgan fingerprint density at radius 1 is 1.58 bits per heavy atom. The van der Waals surface area contributed by atoms with Gasteiger partial charge in [0.25, 0.3) is 0 Å². The molecule has 0 fully saturated rings. The third-order valence-electron chi connectivity index (χ3n) is 3.23. The van der Waals surface area contributed by atoms with Gasteiger partial charge in [-0.2, -0.15) is 11.8 Å². The number of aryl methyl sites for hydroxylation is 1. The number of hydrogen-bond donors (Lipinski definition) is 1. The van der Waals surface area contributed by atoms with Crippen molar-refractivity contribution in [2.45, 2.75) is 38.9 Å². The van der Waals surface area contributed by atoms with E-state index < -0.39 is 5.97 Å². The second-order valence-corrected chi connectivity index (χ2v) is 6.48. The van der Waals surface area contributed by atoms with Gasteiger partial charge < -0.3 is 5.11 Å². The molecule has 1 atom stereocenters. The number of rotatable bonds is 5. The maximum atomic E-state index is 11.0. The maximum absolute atomic E-state index is 11.0. The van der Waals surface area contributed by atoms with Crippen molar-refractivity contribution in [2.75, 3.05) is 5.75 Å². The van der Waals surface area contributed by atoms with Crippen molar-refractivity contribution >= 4 is 17.7 Å². The Kier molecular flexibility index (Phi) is 4.80. The van der Waals surface area contributed by atoms with Crippen LogP contribution < -0.4 is 0 Å². The zero-order chi connectivity index (χ0) is 13.8. The fraction of sp³-hybridized carbons (Fsp3) is 0.643. The summed E-state index contributed by atoms with van der Waals surface area (Å²) in [5, 5.41) is 9.04. The molecule has 0 bridgehead atoms. The molecule has 0 spiro atoms. The molecule has 19 heavy (non-hydrogen) atoms. The largest absolute Gasteiger partial charge is 0.481 e. The van der Waals surface area contributed by atoms with Gasteiger partial charge in [-0.3, -0.25) is 4.79 Å². The number of fused-ring (bicyclic) bond motifs is 1. The number of nitrogens with zero attached hydrogens (tertiary/aromatic N) is 2. The van der Waals surface area contributed by atoms with Gasteiger partial charge in [-0.1, -0.05) is 13.8 Å². The van der Waals surface area contributed by atoms with Crippen LogP contribution in [0.1, 0.15) is 37.4 Å². The van der Waals surface area contributed by atoms with Crippen LogP contribution in [0.15, 0.2) is 6.20 Å². The number of hydrogen-bond acceptors (Lipinski definition) is 4. The van der Waals surface area contributed by atoms with E-state index >= 15 is 0 Å². The number of carboxylic acid groups (broad SMARTS) is 1. The second kappa shape index (κ2) is 6.37. The van der Waals surface area contributed by atoms with Crippen molar-refractivity contribution < 1.29 is 9.90 Å². The van der Waals surface area contributed by atoms with Crippen molar-refractivity contribution in [1.82, 2.24) is 9.97 Å². The average Bonchev–Trinajstić information content (AvgIpc) is 2.37. The zero-order valence-corrected chi connectivity index (χ0v) is 12.2. The van der Waals surface area contributed by atoms with E-state index in [0.29, 0.717) is 18.8 Å². The van der Waals surface area contributed by atoms with Gasteiger partial charge in [-0.25, -0.2) is 9.97 Å². The minimum Gasteiger partial charge on any atom is -0.481 e. The van der Waals surface area contributed by atoms with Gasteiger partial charge in [0.2, 0.25) is 0 Å². The molecule has 5 heteroatoms. The number of thioether (sulfide) groups is 1. The summed E-state index contributed by atoms with van der Waals surface area (Å²) in [5.74, 6) is 2.53. The monoisotopic (exact) mass is 280 g/mol. The number of aliphatic carboxylic acids is 1. The van der Waals surface area contributed by atoms with Crippen molar-refractivity contribution in [3.63, 3.8) is 0 Å². The van der Waals surface area contributed by atoms with Crippen LogP contribution in [-0.2, 0) is 23.4 Å². The predicted octanol–water partition coefficient (Wildman–Crippen LogP) is 2.56. The fourth-order valence-corrected chi connectivity index (χ4v) is 3.13. The van der Waals surface area contributed by atoms with E-state index in [1.165, 1.54) is 0 Å². The Balaban J connectivity index is 1.99. The highest BCUT2D eigenvalue weighted by atomic mass is 32.2. The highest BCUT2D eigenvalue weighted by molar-refractivity contribution is 7.98. The summed E-state index contributed by atoms with van der Waals surface area (Å²) in [6, 6.07) is 0. The predicted molar refractivity (Wildman–Crippen MR) is 76.2 cm³/mol. The first-order chi connectivity index (χ1) is 9.06. The van der Waals surface area contributed by atoms with Crippen LogP contribution in [0, 0.1) is 11.8 Å². The van der Waals surface area contributed by atoms with Crippen LogP contribution in [-0.4, -0.2) is 26.8 Å². The quantitative estimate of drug-likeness (QED) is 0.898. The van der Waals surface area contributed by atoms with E-state index in [4.69, 9.17) is 5.11 Å². The van der Waals surface area contributed by atoms with Crippen LogP contribution in [0.4, 0.5) is 0 Å². The first kappa shape index (κ1) is 14.3. The molecule has 1 aromatic heterocycles. The molecule has 0 aromatic carbocycles. The number of aromatic nitrogens is 2. The lowest BCUT2D eigenvalue weighted by Crippen LogP contribution is -2.23. The molecule has 104 valence electrons. The van der Waals surface area contributed by atoms with E-state index in [-0.39, 0.29) is 5.92 Å². The first-order valence-electron chi connectivity index (χ1n) is 6.70. The average molecular weight is 280 g/mol. The van der Waals surface area contributed by atoms with Crippen LogP contribution >= 0.6 is 11.8 Å². The van der Waals surface area contributed by atoms with Gasteiger partial charge in [0.05, 0.1) is 11.7 Å². The molecule has 1 unspecified atom stereocenters. The second-order valence-electron chi connectivity index (χ2n) is 5.45. The molecule has 0 amide bonds. The van der Waals surface area contributed by atoms with E-state index in [0.717, 1.165) is 35.0 Å². The minimum atomic E-state index is -0.706. The summed E-state index contributed by atoms with van der Waals surface area (Å²) in [5.41, 5.74) is 2.06. The van der Waals surface area contributed by atoms with E-state index in [2.05, 4.69) is 23.8 Å². The minimum absolute atomic E-state index is 0.266. The van der Waals surface area contributed by atoms with E-state index in [1.807, 2.05) is 18.0 Å². The lowest BCUT2D eigenvalue weighted by Gasteiger charge is -2.20. The van der Waals surface area contributed by atoms with Crippen LogP contribution in [0.5, 0.6) is 0 Å². The molecule has 1 aromatic rings. The molecule has 1 N–H and O–H groups in total. The summed E-state index contributed by atoms with van der Waals surface area (Å²) in [7, 11) is 0. The molecule has 0 radical (unpaired) electrons. The summed E-state index contributed by atoms with van der Waals surface area (Å²) in [6.07, 6.45) is 3.85. The third kappa shape index (κ3) is 3.93. The van der Waals surface area contributed by atoms with Crippen LogP contribution in [0.25, 0.3) is 0 Å². The smallest absolute Gasteiger partial charge is 0.306 e. The van der Waals surface area contributed by atoms with E-state index in [9.17, 15) is 4.79 Å². The van der Waals surface area contributed by atoms with Gasteiger partial charge in [-0.05, 0) is 36.5 Å². The lowest BCUT2D eigenvalue weighted by atomic mass is 9.87. The Bertz CT molecular complexity index is 463. The molecule has 2 rings (SSSR count). The molecule has 1 heterocycles. The SMILES string of the molecule is CC(C)CSCc1ncc2c(n1)CCC(C(=O)O)C2.